The number of methoxy groups -OCH3 is 1. The van der Waals surface area contributed by atoms with Crippen LogP contribution in [0.1, 0.15) is 5.56 Å². The molecule has 1 N–H and O–H groups in total. The number of benzene rings is 2. The highest BCUT2D eigenvalue weighted by Gasteiger charge is 2.14. The summed E-state index contributed by atoms with van der Waals surface area (Å²) in [6.07, 6.45) is 8.50. The molecule has 0 bridgehead atoms. The minimum absolute atomic E-state index is 0.132. The fraction of sp³-hybridized carbons (Fsp3) is 0.136. The molecular formula is C22H18ClN3O3. The molecule has 146 valence electrons. The first-order chi connectivity index (χ1) is 14.1. The Labute approximate surface area is 173 Å². The molecule has 1 aromatic heterocycles. The maximum Gasteiger partial charge on any atom is 0.230 e. The van der Waals surface area contributed by atoms with Crippen molar-refractivity contribution in [1.29, 1.82) is 0 Å². The maximum absolute atomic E-state index is 12.5. The number of carbonyl (C=O) groups is 1. The summed E-state index contributed by atoms with van der Waals surface area (Å²) in [7, 11) is 1.54. The predicted octanol–water partition coefficient (Wildman–Crippen LogP) is 4.00. The van der Waals surface area contributed by atoms with Crippen LogP contribution < -0.4 is 14.8 Å². The van der Waals surface area contributed by atoms with Crippen molar-refractivity contribution in [2.45, 2.75) is 6.42 Å². The molecule has 0 radical (unpaired) electrons. The van der Waals surface area contributed by atoms with Crippen LogP contribution in [0, 0.1) is 12.3 Å². The van der Waals surface area contributed by atoms with Crippen LogP contribution in [0.5, 0.6) is 11.5 Å². The summed E-state index contributed by atoms with van der Waals surface area (Å²) < 4.78 is 10.8. The smallest absolute Gasteiger partial charge is 0.230 e. The standard InChI is InChI=1S/C22H18ClN3O3/c1-3-12-29-18-9-6-16(14-19(18)28-2)21-22(25-11-10-24-21)26-20(27)13-15-4-7-17(23)8-5-15/h1,4-11,14H,12-13H2,2H3,(H,25,26,27). The number of amides is 1. The largest absolute Gasteiger partial charge is 0.493 e. The van der Waals surface area contributed by atoms with Gasteiger partial charge in [0.1, 0.15) is 12.3 Å². The molecular weight excluding hydrogens is 390 g/mol. The minimum atomic E-state index is -0.213. The van der Waals surface area contributed by atoms with E-state index >= 15 is 0 Å². The highest BCUT2D eigenvalue weighted by Crippen LogP contribution is 2.33. The van der Waals surface area contributed by atoms with Crippen molar-refractivity contribution in [3.05, 3.63) is 65.4 Å². The molecule has 7 heteroatoms. The third-order valence-corrected chi connectivity index (χ3v) is 4.23. The second-order valence-electron chi connectivity index (χ2n) is 5.96. The number of aromatic nitrogens is 2. The van der Waals surface area contributed by atoms with Crippen LogP contribution in [0.25, 0.3) is 11.3 Å². The van der Waals surface area contributed by atoms with Crippen LogP contribution in [0.4, 0.5) is 5.82 Å². The van der Waals surface area contributed by atoms with Crippen LogP contribution in [-0.2, 0) is 11.2 Å². The van der Waals surface area contributed by atoms with Crippen LogP contribution in [0.3, 0.4) is 0 Å². The highest BCUT2D eigenvalue weighted by atomic mass is 35.5. The first-order valence-electron chi connectivity index (χ1n) is 8.70. The Bertz CT molecular complexity index is 1050. The molecule has 1 amide bonds. The number of halogens is 1. The van der Waals surface area contributed by atoms with Gasteiger partial charge in [-0.25, -0.2) is 4.98 Å². The number of anilines is 1. The number of ether oxygens (including phenoxy) is 2. The first-order valence-corrected chi connectivity index (χ1v) is 9.08. The molecule has 0 atom stereocenters. The maximum atomic E-state index is 12.5. The molecule has 0 saturated heterocycles. The molecule has 2 aromatic carbocycles. The summed E-state index contributed by atoms with van der Waals surface area (Å²) in [5.74, 6) is 3.57. The predicted molar refractivity (Wildman–Crippen MR) is 112 cm³/mol. The molecule has 0 fully saturated rings. The summed E-state index contributed by atoms with van der Waals surface area (Å²) in [5.41, 5.74) is 2.07. The number of nitrogens with zero attached hydrogens (tertiary/aromatic N) is 2. The van der Waals surface area contributed by atoms with E-state index < -0.39 is 0 Å². The average molecular weight is 408 g/mol. The van der Waals surface area contributed by atoms with E-state index in [-0.39, 0.29) is 18.9 Å². The summed E-state index contributed by atoms with van der Waals surface area (Å²) in [5, 5.41) is 3.43. The third kappa shape index (κ3) is 5.24. The van der Waals surface area contributed by atoms with Crippen LogP contribution in [0.2, 0.25) is 5.02 Å². The van der Waals surface area contributed by atoms with E-state index in [0.717, 1.165) is 5.56 Å². The molecule has 0 aliphatic carbocycles. The van der Waals surface area contributed by atoms with E-state index in [2.05, 4.69) is 21.2 Å². The zero-order valence-electron chi connectivity index (χ0n) is 15.7. The molecule has 0 unspecified atom stereocenters. The van der Waals surface area contributed by atoms with Gasteiger partial charge in [-0.15, -0.1) is 6.42 Å². The number of hydrogen-bond acceptors (Lipinski definition) is 5. The summed E-state index contributed by atoms with van der Waals surface area (Å²) in [6, 6.07) is 12.4. The SMILES string of the molecule is C#CCOc1ccc(-c2nccnc2NC(=O)Cc2ccc(Cl)cc2)cc1OC. The fourth-order valence-corrected chi connectivity index (χ4v) is 2.78. The lowest BCUT2D eigenvalue weighted by Crippen LogP contribution is -2.16. The van der Waals surface area contributed by atoms with Crippen molar-refractivity contribution in [3.8, 4) is 35.1 Å². The van der Waals surface area contributed by atoms with Gasteiger partial charge in [-0.05, 0) is 35.9 Å². The van der Waals surface area contributed by atoms with Crippen molar-refractivity contribution in [2.75, 3.05) is 19.0 Å². The number of rotatable bonds is 7. The molecule has 29 heavy (non-hydrogen) atoms. The Balaban J connectivity index is 1.82. The normalized spacial score (nSPS) is 10.1. The van der Waals surface area contributed by atoms with Crippen molar-refractivity contribution < 1.29 is 14.3 Å². The van der Waals surface area contributed by atoms with Gasteiger partial charge in [0.05, 0.1) is 13.5 Å². The Kier molecular flexibility index (Phi) is 6.67. The van der Waals surface area contributed by atoms with E-state index in [4.69, 9.17) is 27.5 Å². The second-order valence-corrected chi connectivity index (χ2v) is 6.40. The topological polar surface area (TPSA) is 73.3 Å². The van der Waals surface area contributed by atoms with E-state index in [0.29, 0.717) is 33.6 Å². The van der Waals surface area contributed by atoms with Gasteiger partial charge in [-0.3, -0.25) is 9.78 Å². The summed E-state index contributed by atoms with van der Waals surface area (Å²) in [4.78, 5) is 21.1. The lowest BCUT2D eigenvalue weighted by molar-refractivity contribution is -0.115. The Morgan fingerprint density at radius 2 is 1.90 bits per heavy atom. The van der Waals surface area contributed by atoms with Crippen molar-refractivity contribution >= 4 is 23.3 Å². The number of nitrogens with one attached hydrogen (secondary N) is 1. The van der Waals surface area contributed by atoms with Gasteiger partial charge >= 0.3 is 0 Å². The fourth-order valence-electron chi connectivity index (χ4n) is 2.66. The zero-order chi connectivity index (χ0) is 20.6. The molecule has 0 aliphatic rings. The second kappa shape index (κ2) is 9.58. The summed E-state index contributed by atoms with van der Waals surface area (Å²) >= 11 is 5.88. The van der Waals surface area contributed by atoms with Crippen LogP contribution in [0.15, 0.2) is 54.9 Å². The van der Waals surface area contributed by atoms with Gasteiger partial charge in [0, 0.05) is 23.0 Å². The van der Waals surface area contributed by atoms with Gasteiger partial charge in [0.2, 0.25) is 5.91 Å². The van der Waals surface area contributed by atoms with Crippen molar-refractivity contribution in [3.63, 3.8) is 0 Å². The minimum Gasteiger partial charge on any atom is -0.493 e. The van der Waals surface area contributed by atoms with Crippen molar-refractivity contribution in [2.24, 2.45) is 0 Å². The highest BCUT2D eigenvalue weighted by molar-refractivity contribution is 6.30. The van der Waals surface area contributed by atoms with E-state index in [1.165, 1.54) is 13.3 Å². The van der Waals surface area contributed by atoms with Gasteiger partial charge in [-0.2, -0.15) is 0 Å². The van der Waals surface area contributed by atoms with Gasteiger partial charge < -0.3 is 14.8 Å². The molecule has 3 rings (SSSR count). The van der Waals surface area contributed by atoms with Crippen LogP contribution >= 0.6 is 11.6 Å². The average Bonchev–Trinajstić information content (AvgIpc) is 2.74. The van der Waals surface area contributed by atoms with Crippen LogP contribution in [-0.4, -0.2) is 29.6 Å². The Hall–Kier alpha value is -3.56. The van der Waals surface area contributed by atoms with Gasteiger partial charge in [-0.1, -0.05) is 29.7 Å². The van der Waals surface area contributed by atoms with Crippen molar-refractivity contribution in [1.82, 2.24) is 9.97 Å². The van der Waals surface area contributed by atoms with E-state index in [1.54, 1.807) is 48.7 Å². The monoisotopic (exact) mass is 407 g/mol. The first kappa shape index (κ1) is 20.2. The van der Waals surface area contributed by atoms with E-state index in [9.17, 15) is 4.79 Å². The Morgan fingerprint density at radius 3 is 2.62 bits per heavy atom. The molecule has 0 aliphatic heterocycles. The third-order valence-electron chi connectivity index (χ3n) is 3.98. The lowest BCUT2D eigenvalue weighted by Gasteiger charge is -2.12. The number of hydrogen-bond donors (Lipinski definition) is 1. The van der Waals surface area contributed by atoms with E-state index in [1.807, 2.05) is 0 Å². The Morgan fingerprint density at radius 1 is 1.14 bits per heavy atom. The number of terminal acetylenes is 1. The zero-order valence-corrected chi connectivity index (χ0v) is 16.4. The van der Waals surface area contributed by atoms with Gasteiger partial charge in [0.15, 0.2) is 17.3 Å². The lowest BCUT2D eigenvalue weighted by atomic mass is 10.1. The quantitative estimate of drug-likeness (QED) is 0.599. The molecule has 0 spiro atoms. The molecule has 3 aromatic rings. The number of carbonyl (C=O) groups excluding carboxylic acids is 1. The summed E-state index contributed by atoms with van der Waals surface area (Å²) in [6.45, 7) is 0.132. The molecule has 1 heterocycles. The molecule has 6 nitrogen and oxygen atoms in total. The van der Waals surface area contributed by atoms with Gasteiger partial charge in [0.25, 0.3) is 0 Å². The molecule has 0 saturated carbocycles.